The summed E-state index contributed by atoms with van der Waals surface area (Å²) in [6, 6.07) is 8.06. The average molecular weight is 262 g/mol. The molecule has 1 aromatic carbocycles. The van der Waals surface area contributed by atoms with Crippen molar-refractivity contribution < 1.29 is 19.8 Å². The van der Waals surface area contributed by atoms with Crippen molar-refractivity contribution in [2.24, 2.45) is 5.92 Å². The smallest absolute Gasteiger partial charge is 0.0715 e. The zero-order valence-electron chi connectivity index (χ0n) is 10.8. The number of aliphatic carboxylic acids is 1. The highest BCUT2D eigenvalue weighted by atomic mass is 16.4. The van der Waals surface area contributed by atoms with Crippen LogP contribution in [-0.4, -0.2) is 11.9 Å². The summed E-state index contributed by atoms with van der Waals surface area (Å²) in [6.45, 7) is 0. The molecule has 0 unspecified atom stereocenters. The Labute approximate surface area is 113 Å². The van der Waals surface area contributed by atoms with Crippen molar-refractivity contribution in [3.05, 3.63) is 35.9 Å². The molecule has 104 valence electrons. The number of carboxylic acids is 2. The minimum atomic E-state index is -1.13. The SMILES string of the molecule is O=C([O-])CCC1CCCC1.O=C([O-])c1ccccc1. The van der Waals surface area contributed by atoms with E-state index in [2.05, 4.69) is 0 Å². The molecule has 1 saturated carbocycles. The first-order valence-corrected chi connectivity index (χ1v) is 6.56. The number of carbonyl (C=O) groups is 2. The normalized spacial score (nSPS) is 14.5. The van der Waals surface area contributed by atoms with Crippen molar-refractivity contribution in [3.63, 3.8) is 0 Å². The van der Waals surface area contributed by atoms with E-state index >= 15 is 0 Å². The summed E-state index contributed by atoms with van der Waals surface area (Å²) in [5.41, 5.74) is 0.220. The number of aromatic carboxylic acids is 1. The number of carboxylic acid groups (broad SMARTS) is 2. The molecule has 4 nitrogen and oxygen atoms in total. The van der Waals surface area contributed by atoms with E-state index in [1.54, 1.807) is 18.2 Å². The van der Waals surface area contributed by atoms with Crippen LogP contribution in [0.25, 0.3) is 0 Å². The summed E-state index contributed by atoms with van der Waals surface area (Å²) < 4.78 is 0. The van der Waals surface area contributed by atoms with Gasteiger partial charge in [-0.1, -0.05) is 56.0 Å². The largest absolute Gasteiger partial charge is 0.550 e. The summed E-state index contributed by atoms with van der Waals surface area (Å²) in [5.74, 6) is -1.35. The van der Waals surface area contributed by atoms with E-state index in [0.717, 1.165) is 6.42 Å². The first kappa shape index (κ1) is 15.2. The van der Waals surface area contributed by atoms with Gasteiger partial charge in [0.2, 0.25) is 0 Å². The fourth-order valence-corrected chi connectivity index (χ4v) is 2.20. The molecule has 0 aromatic heterocycles. The second-order valence-electron chi connectivity index (χ2n) is 4.71. The van der Waals surface area contributed by atoms with Crippen LogP contribution in [0.5, 0.6) is 0 Å². The van der Waals surface area contributed by atoms with Gasteiger partial charge in [-0.2, -0.15) is 0 Å². The first-order chi connectivity index (χ1) is 9.09. The Balaban J connectivity index is 0.000000191. The number of benzene rings is 1. The molecule has 0 aliphatic heterocycles. The van der Waals surface area contributed by atoms with Gasteiger partial charge in [-0.3, -0.25) is 0 Å². The molecule has 1 aliphatic rings. The lowest BCUT2D eigenvalue weighted by Crippen LogP contribution is -2.22. The Morgan fingerprint density at radius 2 is 1.63 bits per heavy atom. The molecule has 0 N–H and O–H groups in total. The Kier molecular flexibility index (Phi) is 6.64. The van der Waals surface area contributed by atoms with Crippen LogP contribution in [0.1, 0.15) is 48.9 Å². The number of hydrogen-bond donors (Lipinski definition) is 0. The van der Waals surface area contributed by atoms with Gasteiger partial charge in [-0.25, -0.2) is 0 Å². The molecular weight excluding hydrogens is 244 g/mol. The maximum absolute atomic E-state index is 10.1. The van der Waals surface area contributed by atoms with Gasteiger partial charge in [0, 0.05) is 5.97 Å². The van der Waals surface area contributed by atoms with Crippen LogP contribution in [0.2, 0.25) is 0 Å². The van der Waals surface area contributed by atoms with Gasteiger partial charge in [0.15, 0.2) is 0 Å². The maximum Gasteiger partial charge on any atom is 0.0715 e. The van der Waals surface area contributed by atoms with E-state index in [1.807, 2.05) is 0 Å². The topological polar surface area (TPSA) is 80.3 Å². The third-order valence-electron chi connectivity index (χ3n) is 3.24. The molecule has 2 rings (SSSR count). The van der Waals surface area contributed by atoms with Crippen LogP contribution < -0.4 is 10.2 Å². The second-order valence-corrected chi connectivity index (χ2v) is 4.71. The summed E-state index contributed by atoms with van der Waals surface area (Å²) in [6.07, 6.45) is 6.13. The number of rotatable bonds is 4. The molecule has 0 amide bonds. The predicted molar refractivity (Wildman–Crippen MR) is 67.0 cm³/mol. The number of carbonyl (C=O) groups excluding carboxylic acids is 2. The third-order valence-corrected chi connectivity index (χ3v) is 3.24. The lowest BCUT2D eigenvalue weighted by atomic mass is 10.0. The van der Waals surface area contributed by atoms with Gasteiger partial charge in [0.1, 0.15) is 0 Å². The molecule has 19 heavy (non-hydrogen) atoms. The molecule has 1 aliphatic carbocycles. The van der Waals surface area contributed by atoms with Gasteiger partial charge in [0.25, 0.3) is 0 Å². The van der Waals surface area contributed by atoms with Crippen LogP contribution in [0.15, 0.2) is 30.3 Å². The van der Waals surface area contributed by atoms with Crippen LogP contribution in [0.3, 0.4) is 0 Å². The molecule has 0 heterocycles. The van der Waals surface area contributed by atoms with E-state index in [1.165, 1.54) is 37.8 Å². The third kappa shape index (κ3) is 6.60. The van der Waals surface area contributed by atoms with Gasteiger partial charge < -0.3 is 19.8 Å². The standard InChI is InChI=1S/C8H14O2.C7H6O2/c9-8(10)6-5-7-3-1-2-4-7;8-7(9)6-4-2-1-3-5-6/h7H,1-6H2,(H,9,10);1-5H,(H,8,9)/p-2. The minimum absolute atomic E-state index is 0.220. The summed E-state index contributed by atoms with van der Waals surface area (Å²) in [5, 5.41) is 20.1. The van der Waals surface area contributed by atoms with E-state index in [0.29, 0.717) is 5.92 Å². The maximum atomic E-state index is 10.1. The van der Waals surface area contributed by atoms with Crippen LogP contribution in [-0.2, 0) is 4.79 Å². The molecule has 0 bridgehead atoms. The van der Waals surface area contributed by atoms with Crippen LogP contribution in [0, 0.1) is 5.92 Å². The van der Waals surface area contributed by atoms with Gasteiger partial charge >= 0.3 is 0 Å². The van der Waals surface area contributed by atoms with Crippen molar-refractivity contribution in [2.45, 2.75) is 38.5 Å². The highest BCUT2D eigenvalue weighted by molar-refractivity contribution is 5.85. The number of hydrogen-bond acceptors (Lipinski definition) is 4. The van der Waals surface area contributed by atoms with Gasteiger partial charge in [0.05, 0.1) is 5.97 Å². The molecule has 4 heteroatoms. The summed E-state index contributed by atoms with van der Waals surface area (Å²) in [7, 11) is 0. The summed E-state index contributed by atoms with van der Waals surface area (Å²) in [4.78, 5) is 20.1. The molecule has 1 fully saturated rings. The molecule has 0 atom stereocenters. The average Bonchev–Trinajstić information content (AvgIpc) is 2.91. The quantitative estimate of drug-likeness (QED) is 0.802. The lowest BCUT2D eigenvalue weighted by molar-refractivity contribution is -0.306. The monoisotopic (exact) mass is 262 g/mol. The predicted octanol–water partition coefficient (Wildman–Crippen LogP) is 0.757. The van der Waals surface area contributed by atoms with E-state index in [-0.39, 0.29) is 12.0 Å². The van der Waals surface area contributed by atoms with Crippen molar-refractivity contribution >= 4 is 11.9 Å². The second kappa shape index (κ2) is 8.29. The molecular formula is C15H18O4-2. The summed E-state index contributed by atoms with van der Waals surface area (Å²) >= 11 is 0. The fourth-order valence-electron chi connectivity index (χ4n) is 2.20. The van der Waals surface area contributed by atoms with Crippen molar-refractivity contribution in [3.8, 4) is 0 Å². The molecule has 1 aromatic rings. The highest BCUT2D eigenvalue weighted by Crippen LogP contribution is 2.28. The van der Waals surface area contributed by atoms with Crippen molar-refractivity contribution in [1.29, 1.82) is 0 Å². The molecule has 0 saturated heterocycles. The van der Waals surface area contributed by atoms with Crippen molar-refractivity contribution in [1.82, 2.24) is 0 Å². The van der Waals surface area contributed by atoms with E-state index in [9.17, 15) is 19.8 Å². The molecule has 0 spiro atoms. The van der Waals surface area contributed by atoms with Gasteiger partial charge in [-0.05, 0) is 24.3 Å². The fraction of sp³-hybridized carbons (Fsp3) is 0.467. The van der Waals surface area contributed by atoms with Crippen molar-refractivity contribution in [2.75, 3.05) is 0 Å². The Bertz CT molecular complexity index is 394. The Hall–Kier alpha value is -1.84. The lowest BCUT2D eigenvalue weighted by Gasteiger charge is -2.07. The van der Waals surface area contributed by atoms with Gasteiger partial charge in [-0.15, -0.1) is 0 Å². The van der Waals surface area contributed by atoms with E-state index < -0.39 is 11.9 Å². The highest BCUT2D eigenvalue weighted by Gasteiger charge is 2.13. The van der Waals surface area contributed by atoms with E-state index in [4.69, 9.17) is 0 Å². The zero-order chi connectivity index (χ0) is 14.1. The first-order valence-electron chi connectivity index (χ1n) is 6.56. The Morgan fingerprint density at radius 3 is 2.05 bits per heavy atom. The molecule has 0 radical (unpaired) electrons. The van der Waals surface area contributed by atoms with Crippen LogP contribution >= 0.6 is 0 Å². The zero-order valence-corrected chi connectivity index (χ0v) is 10.8. The Morgan fingerprint density at radius 1 is 1.05 bits per heavy atom. The van der Waals surface area contributed by atoms with Crippen LogP contribution in [0.4, 0.5) is 0 Å². The minimum Gasteiger partial charge on any atom is -0.550 e.